The molecule has 3 aromatic rings. The van der Waals surface area contributed by atoms with E-state index in [4.69, 9.17) is 14.2 Å². The number of rotatable bonds is 8. The average Bonchev–Trinajstić information content (AvgIpc) is 3.49. The molecule has 2 amide bonds. The summed E-state index contributed by atoms with van der Waals surface area (Å²) in [7, 11) is 0. The monoisotopic (exact) mass is 526 g/mol. The molecule has 0 aliphatic carbocycles. The van der Waals surface area contributed by atoms with Gasteiger partial charge in [0.25, 0.3) is 0 Å². The van der Waals surface area contributed by atoms with E-state index in [1.165, 1.54) is 34.7 Å². The number of nitrogens with one attached hydrogen (secondary N) is 1. The summed E-state index contributed by atoms with van der Waals surface area (Å²) >= 11 is 0. The molecular formula is C24H23FN6O7. The Hall–Kier alpha value is -4.59. The van der Waals surface area contributed by atoms with E-state index in [0.29, 0.717) is 17.9 Å². The van der Waals surface area contributed by atoms with Gasteiger partial charge in [0, 0.05) is 23.7 Å². The highest BCUT2D eigenvalue weighted by Crippen LogP contribution is 2.29. The summed E-state index contributed by atoms with van der Waals surface area (Å²) in [5, 5.41) is 13.5. The average molecular weight is 526 g/mol. The Morgan fingerprint density at radius 3 is 2.92 bits per heavy atom. The molecule has 1 aromatic carbocycles. The zero-order valence-electron chi connectivity index (χ0n) is 20.2. The molecule has 198 valence electrons. The fourth-order valence-electron chi connectivity index (χ4n) is 4.16. The molecule has 1 N–H and O–H groups in total. The van der Waals surface area contributed by atoms with Gasteiger partial charge in [0.1, 0.15) is 30.8 Å². The van der Waals surface area contributed by atoms with Crippen LogP contribution in [0.5, 0.6) is 6.01 Å². The highest BCUT2D eigenvalue weighted by atomic mass is 19.1. The van der Waals surface area contributed by atoms with E-state index in [1.807, 2.05) is 0 Å². The lowest BCUT2D eigenvalue weighted by Gasteiger charge is -2.22. The first-order valence-electron chi connectivity index (χ1n) is 11.7. The number of anilines is 1. The van der Waals surface area contributed by atoms with E-state index in [0.717, 1.165) is 5.56 Å². The maximum absolute atomic E-state index is 15.1. The van der Waals surface area contributed by atoms with Crippen LogP contribution in [0.1, 0.15) is 12.5 Å². The van der Waals surface area contributed by atoms with E-state index >= 15 is 4.39 Å². The van der Waals surface area contributed by atoms with Crippen molar-refractivity contribution >= 4 is 23.5 Å². The molecule has 14 heteroatoms. The van der Waals surface area contributed by atoms with Gasteiger partial charge < -0.3 is 29.6 Å². The number of nitro groups is 1. The first-order valence-corrected chi connectivity index (χ1v) is 11.7. The zero-order chi connectivity index (χ0) is 26.8. The quantitative estimate of drug-likeness (QED) is 0.345. The lowest BCUT2D eigenvalue weighted by molar-refractivity contribution is -0.389. The van der Waals surface area contributed by atoms with Crippen LogP contribution < -0.4 is 15.0 Å². The van der Waals surface area contributed by atoms with Crippen LogP contribution in [-0.2, 0) is 27.4 Å². The highest BCUT2D eigenvalue weighted by Gasteiger charge is 2.33. The summed E-state index contributed by atoms with van der Waals surface area (Å²) in [4.78, 5) is 43.1. The topological polar surface area (TPSA) is 151 Å². The van der Waals surface area contributed by atoms with Crippen molar-refractivity contribution in [1.82, 2.24) is 19.9 Å². The number of hydrogen-bond acceptors (Lipinski definition) is 9. The van der Waals surface area contributed by atoms with Crippen molar-refractivity contribution in [2.75, 3.05) is 24.6 Å². The van der Waals surface area contributed by atoms with E-state index < -0.39 is 22.9 Å². The maximum atomic E-state index is 15.1. The third-order valence-electron chi connectivity index (χ3n) is 6.02. The van der Waals surface area contributed by atoms with Gasteiger partial charge in [-0.05, 0) is 40.8 Å². The number of benzene rings is 1. The first-order chi connectivity index (χ1) is 18.3. The van der Waals surface area contributed by atoms with Crippen molar-refractivity contribution in [2.24, 2.45) is 0 Å². The molecule has 1 saturated heterocycles. The van der Waals surface area contributed by atoms with Gasteiger partial charge in [-0.2, -0.15) is 0 Å². The number of pyridine rings is 1. The normalized spacial score (nSPS) is 18.5. The molecule has 0 saturated carbocycles. The molecule has 2 atom stereocenters. The van der Waals surface area contributed by atoms with Crippen LogP contribution in [0.3, 0.4) is 0 Å². The smallest absolute Gasteiger partial charge is 0.414 e. The van der Waals surface area contributed by atoms with Crippen LogP contribution >= 0.6 is 0 Å². The van der Waals surface area contributed by atoms with Gasteiger partial charge in [-0.1, -0.05) is 0 Å². The van der Waals surface area contributed by atoms with Crippen LogP contribution in [0.4, 0.5) is 20.7 Å². The molecule has 5 rings (SSSR count). The number of fused-ring (bicyclic) bond motifs is 1. The largest absolute Gasteiger partial charge is 0.443 e. The Labute approximate surface area is 215 Å². The summed E-state index contributed by atoms with van der Waals surface area (Å²) in [6, 6.07) is 7.99. The zero-order valence-corrected chi connectivity index (χ0v) is 20.2. The van der Waals surface area contributed by atoms with Gasteiger partial charge in [-0.25, -0.2) is 9.18 Å². The molecule has 4 heterocycles. The third-order valence-corrected chi connectivity index (χ3v) is 6.02. The predicted molar refractivity (Wildman–Crippen MR) is 129 cm³/mol. The number of carbonyl (C=O) groups is 2. The SMILES string of the molecule is CC(=O)NC[C@H]1CN(c2ccc(-c3cc(CO[C@@H]4COc5nc([N+](=O)[O-])cn5C4)ccn3)c(F)c2)C(=O)O1. The number of hydrogen-bond donors (Lipinski definition) is 1. The van der Waals surface area contributed by atoms with Crippen LogP contribution in [-0.4, -0.2) is 63.4 Å². The van der Waals surface area contributed by atoms with E-state index in [9.17, 15) is 19.7 Å². The van der Waals surface area contributed by atoms with Crippen molar-refractivity contribution in [3.8, 4) is 17.3 Å². The molecular weight excluding hydrogens is 503 g/mol. The van der Waals surface area contributed by atoms with Crippen LogP contribution in [0, 0.1) is 15.9 Å². The first kappa shape index (κ1) is 25.1. The summed E-state index contributed by atoms with van der Waals surface area (Å²) in [6.07, 6.45) is 1.33. The van der Waals surface area contributed by atoms with Crippen molar-refractivity contribution in [3.05, 3.63) is 64.2 Å². The van der Waals surface area contributed by atoms with Crippen molar-refractivity contribution in [2.45, 2.75) is 32.3 Å². The molecule has 1 fully saturated rings. The predicted octanol–water partition coefficient (Wildman–Crippen LogP) is 2.43. The Morgan fingerprint density at radius 1 is 1.32 bits per heavy atom. The molecule has 0 bridgehead atoms. The van der Waals surface area contributed by atoms with Gasteiger partial charge >= 0.3 is 17.9 Å². The lowest BCUT2D eigenvalue weighted by atomic mass is 10.1. The maximum Gasteiger partial charge on any atom is 0.414 e. The summed E-state index contributed by atoms with van der Waals surface area (Å²) in [5.41, 5.74) is 1.70. The summed E-state index contributed by atoms with van der Waals surface area (Å²) < 4.78 is 33.2. The number of amides is 2. The van der Waals surface area contributed by atoms with E-state index in [1.54, 1.807) is 24.4 Å². The second-order valence-electron chi connectivity index (χ2n) is 8.80. The molecule has 2 aliphatic rings. The third kappa shape index (κ3) is 5.39. The number of halogens is 1. The number of cyclic esters (lactones) is 1. The number of nitrogens with zero attached hydrogens (tertiary/aromatic N) is 5. The van der Waals surface area contributed by atoms with Crippen LogP contribution in [0.15, 0.2) is 42.7 Å². The van der Waals surface area contributed by atoms with Crippen LogP contribution in [0.25, 0.3) is 11.3 Å². The second-order valence-corrected chi connectivity index (χ2v) is 8.80. The molecule has 2 aromatic heterocycles. The lowest BCUT2D eigenvalue weighted by Crippen LogP contribution is -2.33. The standard InChI is InChI=1S/C24H23FN6O7/c1-14(32)27-8-17-10-30(24(33)38-17)16-2-3-19(20(25)7-16)21-6-15(4-5-26-21)12-36-18-9-29-11-22(31(34)35)28-23(29)37-13-18/h2-7,11,17-18H,8-10,12-13H2,1H3,(H,27,32)/t17-,18-/m0/s1. The minimum absolute atomic E-state index is 0.173. The van der Waals surface area contributed by atoms with Gasteiger partial charge in [0.2, 0.25) is 5.91 Å². The summed E-state index contributed by atoms with van der Waals surface area (Å²) in [6.45, 7) is 2.44. The van der Waals surface area contributed by atoms with Gasteiger partial charge in [0.05, 0.1) is 37.6 Å². The van der Waals surface area contributed by atoms with Crippen LogP contribution in [0.2, 0.25) is 0 Å². The van der Waals surface area contributed by atoms with E-state index in [2.05, 4.69) is 15.3 Å². The minimum Gasteiger partial charge on any atom is -0.443 e. The van der Waals surface area contributed by atoms with Crippen molar-refractivity contribution in [1.29, 1.82) is 0 Å². The Morgan fingerprint density at radius 2 is 2.16 bits per heavy atom. The molecule has 0 spiro atoms. The Balaban J connectivity index is 1.22. The highest BCUT2D eigenvalue weighted by molar-refractivity contribution is 5.90. The number of carbonyl (C=O) groups excluding carboxylic acids is 2. The fraction of sp³-hybridized carbons (Fsp3) is 0.333. The van der Waals surface area contributed by atoms with Crippen molar-refractivity contribution in [3.63, 3.8) is 0 Å². The fourth-order valence-corrected chi connectivity index (χ4v) is 4.16. The minimum atomic E-state index is -0.617. The van der Waals surface area contributed by atoms with Crippen molar-refractivity contribution < 1.29 is 33.1 Å². The van der Waals surface area contributed by atoms with E-state index in [-0.39, 0.29) is 55.7 Å². The number of aromatic nitrogens is 3. The molecule has 0 radical (unpaired) electrons. The number of ether oxygens (including phenoxy) is 3. The summed E-state index contributed by atoms with van der Waals surface area (Å²) in [5.74, 6) is -1.10. The Bertz CT molecular complexity index is 1400. The Kier molecular flexibility index (Phi) is 6.87. The van der Waals surface area contributed by atoms with Gasteiger partial charge in [0.15, 0.2) is 0 Å². The van der Waals surface area contributed by atoms with Gasteiger partial charge in [-0.3, -0.25) is 19.2 Å². The molecule has 13 nitrogen and oxygen atoms in total. The second kappa shape index (κ2) is 10.4. The molecule has 38 heavy (non-hydrogen) atoms. The molecule has 0 unspecified atom stereocenters. The van der Waals surface area contributed by atoms with Gasteiger partial charge in [-0.15, -0.1) is 0 Å². The number of imidazole rings is 1. The molecule has 2 aliphatic heterocycles.